The van der Waals surface area contributed by atoms with E-state index >= 15 is 0 Å². The Hall–Kier alpha value is -6.28. The van der Waals surface area contributed by atoms with Crippen molar-refractivity contribution in [3.63, 3.8) is 0 Å². The van der Waals surface area contributed by atoms with Crippen molar-refractivity contribution in [2.24, 2.45) is 0 Å². The first kappa shape index (κ1) is 35.4. The number of nitrogens with zero attached hydrogens (tertiary/aromatic N) is 7. The zero-order chi connectivity index (χ0) is 37.7. The number of hydrogen-bond acceptors (Lipinski definition) is 6. The van der Waals surface area contributed by atoms with Crippen molar-refractivity contribution in [3.8, 4) is 0 Å². The quantitative estimate of drug-likeness (QED) is 0.159. The summed E-state index contributed by atoms with van der Waals surface area (Å²) in [5, 5.41) is 0. The van der Waals surface area contributed by atoms with E-state index in [0.717, 1.165) is 68.7 Å². The van der Waals surface area contributed by atoms with Crippen LogP contribution in [0.3, 0.4) is 0 Å². The lowest BCUT2D eigenvalue weighted by molar-refractivity contribution is 0.664. The Bertz CT molecular complexity index is 2500. The Morgan fingerprint density at radius 2 is 0.893 bits per heavy atom. The average molecular weight is 737 g/mol. The number of hydrogen-bond donors (Lipinski definition) is 1. The van der Waals surface area contributed by atoms with Gasteiger partial charge in [0.25, 0.3) is 0 Å². The summed E-state index contributed by atoms with van der Waals surface area (Å²) in [4.78, 5) is 21.8. The van der Waals surface area contributed by atoms with Crippen molar-refractivity contribution in [3.05, 3.63) is 179 Å². The summed E-state index contributed by atoms with van der Waals surface area (Å²) in [6, 6.07) is 42.5. The number of rotatable bonds is 9. The van der Waals surface area contributed by atoms with Crippen molar-refractivity contribution in [2.45, 2.75) is 77.5 Å². The lowest BCUT2D eigenvalue weighted by Crippen LogP contribution is -2.25. The smallest absolute Gasteiger partial charge is 0.157 e. The van der Waals surface area contributed by atoms with Gasteiger partial charge in [-0.1, -0.05) is 121 Å². The van der Waals surface area contributed by atoms with Crippen molar-refractivity contribution >= 4 is 33.7 Å². The van der Waals surface area contributed by atoms with Gasteiger partial charge in [-0.05, 0) is 84.7 Å². The number of aromatic nitrogens is 6. The lowest BCUT2D eigenvalue weighted by atomic mass is 9.94. The molecule has 8 aromatic rings. The predicted molar refractivity (Wildman–Crippen MR) is 227 cm³/mol. The minimum atomic E-state index is 0.567. The van der Waals surface area contributed by atoms with Gasteiger partial charge in [0, 0.05) is 37.6 Å². The SMILES string of the molecule is Nc1nc2c(c3c1ncn3Cc1ccccc1)CCCC2.c1ccc(CN(Cc2ccccc2)c2nc3c(c4c2ncn4Cc2ccccc2)CCCC3)cc1. The number of imidazole rings is 2. The summed E-state index contributed by atoms with van der Waals surface area (Å²) in [5.74, 6) is 1.57. The number of pyridine rings is 2. The van der Waals surface area contributed by atoms with E-state index in [-0.39, 0.29) is 0 Å². The summed E-state index contributed by atoms with van der Waals surface area (Å²) < 4.78 is 4.55. The van der Waals surface area contributed by atoms with Gasteiger partial charge >= 0.3 is 0 Å². The molecule has 4 aromatic carbocycles. The molecular weight excluding hydrogens is 689 g/mol. The lowest BCUT2D eigenvalue weighted by Gasteiger charge is -2.27. The molecule has 280 valence electrons. The maximum Gasteiger partial charge on any atom is 0.157 e. The molecule has 2 aliphatic carbocycles. The highest BCUT2D eigenvalue weighted by atomic mass is 15.2. The van der Waals surface area contributed by atoms with Crippen LogP contribution in [0.4, 0.5) is 11.6 Å². The highest BCUT2D eigenvalue weighted by Crippen LogP contribution is 2.35. The fourth-order valence-electron chi connectivity index (χ4n) is 8.50. The summed E-state index contributed by atoms with van der Waals surface area (Å²) in [7, 11) is 0. The fourth-order valence-corrected chi connectivity index (χ4v) is 8.50. The van der Waals surface area contributed by atoms with E-state index in [1.165, 1.54) is 81.5 Å². The van der Waals surface area contributed by atoms with Crippen LogP contribution in [0.15, 0.2) is 134 Å². The van der Waals surface area contributed by atoms with Gasteiger partial charge in [0.05, 0.1) is 23.7 Å². The van der Waals surface area contributed by atoms with Crippen LogP contribution < -0.4 is 10.6 Å². The maximum absolute atomic E-state index is 6.10. The van der Waals surface area contributed by atoms with Crippen molar-refractivity contribution < 1.29 is 0 Å². The molecule has 0 amide bonds. The molecule has 10 rings (SSSR count). The predicted octanol–water partition coefficient (Wildman–Crippen LogP) is 9.51. The Balaban J connectivity index is 0.000000166. The first-order chi connectivity index (χ1) is 27.7. The summed E-state index contributed by atoms with van der Waals surface area (Å²) >= 11 is 0. The monoisotopic (exact) mass is 736 g/mol. The van der Waals surface area contributed by atoms with Crippen LogP contribution in [0.25, 0.3) is 22.1 Å². The van der Waals surface area contributed by atoms with Crippen LogP contribution >= 0.6 is 0 Å². The molecule has 2 aliphatic rings. The molecule has 4 aromatic heterocycles. The van der Waals surface area contributed by atoms with E-state index < -0.39 is 0 Å². The Morgan fingerprint density at radius 3 is 1.39 bits per heavy atom. The van der Waals surface area contributed by atoms with E-state index in [4.69, 9.17) is 15.7 Å². The molecule has 4 heterocycles. The third-order valence-electron chi connectivity index (χ3n) is 11.2. The largest absolute Gasteiger partial charge is 0.382 e. The molecule has 0 bridgehead atoms. The summed E-state index contributed by atoms with van der Waals surface area (Å²) in [5.41, 5.74) is 20.7. The normalized spacial score (nSPS) is 13.5. The molecule has 0 radical (unpaired) electrons. The Kier molecular flexibility index (Phi) is 10.3. The van der Waals surface area contributed by atoms with Gasteiger partial charge in [-0.3, -0.25) is 0 Å². The Morgan fingerprint density at radius 1 is 0.482 bits per heavy atom. The molecule has 0 saturated heterocycles. The first-order valence-electron chi connectivity index (χ1n) is 20.1. The zero-order valence-electron chi connectivity index (χ0n) is 31.9. The number of nitrogen functional groups attached to an aromatic ring is 1. The van der Waals surface area contributed by atoms with Crippen molar-refractivity contribution in [1.29, 1.82) is 0 Å². The number of benzene rings is 4. The van der Waals surface area contributed by atoms with Gasteiger partial charge in [-0.25, -0.2) is 19.9 Å². The second-order valence-corrected chi connectivity index (χ2v) is 15.1. The maximum atomic E-state index is 6.10. The summed E-state index contributed by atoms with van der Waals surface area (Å²) in [6.07, 6.45) is 13.0. The van der Waals surface area contributed by atoms with Crippen LogP contribution in [-0.2, 0) is 51.9 Å². The second-order valence-electron chi connectivity index (χ2n) is 15.1. The van der Waals surface area contributed by atoms with Gasteiger partial charge in [0.15, 0.2) is 11.6 Å². The third-order valence-corrected chi connectivity index (χ3v) is 11.2. The molecule has 0 fully saturated rings. The van der Waals surface area contributed by atoms with Crippen LogP contribution in [0.1, 0.15) is 70.5 Å². The van der Waals surface area contributed by atoms with Crippen LogP contribution in [0.2, 0.25) is 0 Å². The van der Waals surface area contributed by atoms with Gasteiger partial charge in [-0.2, -0.15) is 0 Å². The second kappa shape index (κ2) is 16.2. The van der Waals surface area contributed by atoms with Crippen molar-refractivity contribution in [2.75, 3.05) is 10.6 Å². The fraction of sp³-hybridized carbons (Fsp3) is 0.250. The third kappa shape index (κ3) is 7.52. The number of nitrogens with two attached hydrogens (primary N) is 1. The number of aryl methyl sites for hydroxylation is 4. The number of anilines is 2. The van der Waals surface area contributed by atoms with E-state index in [2.05, 4.69) is 139 Å². The highest BCUT2D eigenvalue weighted by Gasteiger charge is 2.25. The van der Waals surface area contributed by atoms with E-state index in [1.807, 2.05) is 18.7 Å². The number of fused-ring (bicyclic) bond motifs is 6. The molecule has 0 saturated carbocycles. The highest BCUT2D eigenvalue weighted by molar-refractivity contribution is 5.90. The van der Waals surface area contributed by atoms with Gasteiger partial charge < -0.3 is 19.8 Å². The van der Waals surface area contributed by atoms with Gasteiger partial charge in [0.1, 0.15) is 11.0 Å². The van der Waals surface area contributed by atoms with E-state index in [1.54, 1.807) is 0 Å². The molecule has 2 N–H and O–H groups in total. The average Bonchev–Trinajstić information content (AvgIpc) is 3.87. The minimum Gasteiger partial charge on any atom is -0.382 e. The minimum absolute atomic E-state index is 0.567. The Labute approximate surface area is 328 Å². The topological polar surface area (TPSA) is 90.7 Å². The molecule has 0 spiro atoms. The molecule has 0 unspecified atom stereocenters. The first-order valence-corrected chi connectivity index (χ1v) is 20.1. The molecule has 0 atom stereocenters. The van der Waals surface area contributed by atoms with Crippen LogP contribution in [0, 0.1) is 0 Å². The molecule has 8 heteroatoms. The molecular formula is C48H48N8. The van der Waals surface area contributed by atoms with Gasteiger partial charge in [0.2, 0.25) is 0 Å². The molecule has 0 aliphatic heterocycles. The van der Waals surface area contributed by atoms with Crippen LogP contribution in [-0.4, -0.2) is 29.1 Å². The summed E-state index contributed by atoms with van der Waals surface area (Å²) in [6.45, 7) is 3.24. The molecule has 56 heavy (non-hydrogen) atoms. The van der Waals surface area contributed by atoms with E-state index in [9.17, 15) is 0 Å². The van der Waals surface area contributed by atoms with Gasteiger partial charge in [-0.15, -0.1) is 0 Å². The van der Waals surface area contributed by atoms with Crippen molar-refractivity contribution in [1.82, 2.24) is 29.1 Å². The van der Waals surface area contributed by atoms with Crippen LogP contribution in [0.5, 0.6) is 0 Å². The van der Waals surface area contributed by atoms with E-state index in [0.29, 0.717) is 5.82 Å². The zero-order valence-corrected chi connectivity index (χ0v) is 31.9. The standard InChI is InChI=1S/C31H30N4.C17H18N4/c1-4-12-24(13-5-1)20-34(21-25-14-6-2-7-15-25)31-29-30(27-18-10-11-19-28(27)33-31)35(23-32-29)22-26-16-8-3-9-17-26;18-17-15-16(13-8-4-5-9-14(13)20-17)21(11-19-15)10-12-6-2-1-3-7-12/h1-9,12-17,23H,10-11,18-22H2;1-3,6-7,11H,4-5,8-10H2,(H2,18,20). The molecule has 8 nitrogen and oxygen atoms in total.